The van der Waals surface area contributed by atoms with Gasteiger partial charge in [0, 0.05) is 43.8 Å². The topological polar surface area (TPSA) is 82.6 Å². The first-order valence-electron chi connectivity index (χ1n) is 11.3. The normalized spacial score (nSPS) is 15.4. The Labute approximate surface area is 205 Å². The molecule has 2 aromatic carbocycles. The van der Waals surface area contributed by atoms with E-state index in [-0.39, 0.29) is 12.3 Å². The third-order valence-corrected chi connectivity index (χ3v) is 8.76. The molecule has 0 bridgehead atoms. The second kappa shape index (κ2) is 10.4. The van der Waals surface area contributed by atoms with Crippen molar-refractivity contribution in [2.45, 2.75) is 38.6 Å². The van der Waals surface area contributed by atoms with E-state index in [4.69, 9.17) is 0 Å². The molecule has 1 saturated heterocycles. The molecule has 1 aliphatic heterocycles. The molecule has 1 aromatic heterocycles. The third-order valence-electron chi connectivity index (χ3n) is 5.95. The van der Waals surface area contributed by atoms with Gasteiger partial charge in [-0.15, -0.1) is 11.3 Å². The predicted octanol–water partition coefficient (Wildman–Crippen LogP) is 3.76. The minimum absolute atomic E-state index is 0.0791. The van der Waals surface area contributed by atoms with E-state index in [1.807, 2.05) is 56.5 Å². The molecule has 0 spiro atoms. The van der Waals surface area contributed by atoms with Crippen LogP contribution in [0, 0.1) is 20.8 Å². The van der Waals surface area contributed by atoms with E-state index >= 15 is 0 Å². The number of aryl methyl sites for hydroxylation is 3. The Kier molecular flexibility index (Phi) is 7.47. The van der Waals surface area contributed by atoms with Crippen molar-refractivity contribution in [2.75, 3.05) is 31.5 Å². The highest BCUT2D eigenvalue weighted by Crippen LogP contribution is 2.21. The number of carbonyl (C=O) groups is 1. The fraction of sp³-hybridized carbons (Fsp3) is 0.360. The number of carbonyl (C=O) groups excluding carboxylic acids is 1. The Bertz CT molecular complexity index is 1260. The summed E-state index contributed by atoms with van der Waals surface area (Å²) in [4.78, 5) is 19.7. The summed E-state index contributed by atoms with van der Waals surface area (Å²) in [7, 11) is -3.47. The van der Waals surface area contributed by atoms with E-state index in [9.17, 15) is 13.2 Å². The summed E-state index contributed by atoms with van der Waals surface area (Å²) in [5, 5.41) is 5.74. The number of hydrogen-bond acceptors (Lipinski definition) is 6. The van der Waals surface area contributed by atoms with E-state index in [1.165, 1.54) is 11.3 Å². The van der Waals surface area contributed by atoms with Crippen LogP contribution in [0.3, 0.4) is 0 Å². The number of piperazine rings is 1. The first kappa shape index (κ1) is 24.5. The molecule has 180 valence electrons. The number of amides is 1. The Morgan fingerprint density at radius 1 is 1.00 bits per heavy atom. The van der Waals surface area contributed by atoms with E-state index < -0.39 is 10.0 Å². The van der Waals surface area contributed by atoms with Crippen LogP contribution in [-0.4, -0.2) is 54.7 Å². The fourth-order valence-corrected chi connectivity index (χ4v) is 6.13. The lowest BCUT2D eigenvalue weighted by Gasteiger charge is -2.33. The molecule has 0 atom stereocenters. The molecular weight excluding hydrogens is 468 g/mol. The van der Waals surface area contributed by atoms with Gasteiger partial charge in [0.15, 0.2) is 0 Å². The number of sulfonamides is 1. The largest absolute Gasteiger partial charge is 0.325 e. The maximum atomic E-state index is 12.9. The van der Waals surface area contributed by atoms with Crippen LogP contribution >= 0.6 is 11.3 Å². The van der Waals surface area contributed by atoms with Crippen molar-refractivity contribution in [3.8, 4) is 0 Å². The molecule has 1 N–H and O–H groups in total. The quantitative estimate of drug-likeness (QED) is 0.536. The van der Waals surface area contributed by atoms with Gasteiger partial charge in [-0.05, 0) is 50.1 Å². The zero-order chi connectivity index (χ0) is 24.3. The zero-order valence-electron chi connectivity index (χ0n) is 19.7. The highest BCUT2D eigenvalue weighted by molar-refractivity contribution is 7.89. The van der Waals surface area contributed by atoms with Crippen molar-refractivity contribution in [2.24, 2.45) is 0 Å². The number of hydrogen-bond donors (Lipinski definition) is 1. The highest BCUT2D eigenvalue weighted by Gasteiger charge is 2.28. The molecule has 1 amide bonds. The summed E-state index contributed by atoms with van der Waals surface area (Å²) in [6.45, 7) is 8.75. The molecule has 0 unspecified atom stereocenters. The SMILES string of the molecule is Cc1ccc(S(=O)(=O)N2CCN(Cc3csc(CC(=O)Nc4cc(C)ccc4C)n3)CC2)cc1. The Morgan fingerprint density at radius 3 is 2.38 bits per heavy atom. The summed E-state index contributed by atoms with van der Waals surface area (Å²) in [6.07, 6.45) is 0.237. The molecular formula is C25H30N4O3S2. The summed E-state index contributed by atoms with van der Waals surface area (Å²) >= 11 is 1.48. The Morgan fingerprint density at radius 2 is 1.68 bits per heavy atom. The van der Waals surface area contributed by atoms with Crippen molar-refractivity contribution in [1.82, 2.24) is 14.2 Å². The van der Waals surface area contributed by atoms with Crippen LogP contribution in [0.2, 0.25) is 0 Å². The summed E-state index contributed by atoms with van der Waals surface area (Å²) < 4.78 is 27.4. The van der Waals surface area contributed by atoms with Gasteiger partial charge in [0.05, 0.1) is 17.0 Å². The number of anilines is 1. The van der Waals surface area contributed by atoms with Gasteiger partial charge in [0.2, 0.25) is 15.9 Å². The van der Waals surface area contributed by atoms with Crippen molar-refractivity contribution in [3.63, 3.8) is 0 Å². The van der Waals surface area contributed by atoms with Crippen molar-refractivity contribution < 1.29 is 13.2 Å². The van der Waals surface area contributed by atoms with E-state index in [0.717, 1.165) is 33.1 Å². The molecule has 1 fully saturated rings. The second-order valence-corrected chi connectivity index (χ2v) is 11.6. The Balaban J connectivity index is 1.29. The predicted molar refractivity (Wildman–Crippen MR) is 136 cm³/mol. The van der Waals surface area contributed by atoms with Gasteiger partial charge in [-0.2, -0.15) is 4.31 Å². The molecule has 3 aromatic rings. The van der Waals surface area contributed by atoms with Gasteiger partial charge in [-0.25, -0.2) is 13.4 Å². The maximum Gasteiger partial charge on any atom is 0.243 e. The van der Waals surface area contributed by atoms with Crippen molar-refractivity contribution in [3.05, 3.63) is 75.2 Å². The Hall–Kier alpha value is -2.59. The van der Waals surface area contributed by atoms with Crippen LogP contribution < -0.4 is 5.32 Å². The molecule has 34 heavy (non-hydrogen) atoms. The number of benzene rings is 2. The minimum Gasteiger partial charge on any atom is -0.325 e. The minimum atomic E-state index is -3.47. The molecule has 4 rings (SSSR count). The summed E-state index contributed by atoms with van der Waals surface area (Å²) in [6, 6.07) is 13.0. The van der Waals surface area contributed by atoms with Crippen LogP contribution in [0.15, 0.2) is 52.7 Å². The first-order valence-corrected chi connectivity index (χ1v) is 13.6. The average molecular weight is 499 g/mol. The van der Waals surface area contributed by atoms with Gasteiger partial charge >= 0.3 is 0 Å². The lowest BCUT2D eigenvalue weighted by atomic mass is 10.1. The van der Waals surface area contributed by atoms with Gasteiger partial charge in [0.1, 0.15) is 5.01 Å². The van der Waals surface area contributed by atoms with Crippen LogP contribution in [0.1, 0.15) is 27.4 Å². The zero-order valence-corrected chi connectivity index (χ0v) is 21.4. The number of nitrogens with zero attached hydrogens (tertiary/aromatic N) is 3. The van der Waals surface area contributed by atoms with Gasteiger partial charge < -0.3 is 5.32 Å². The standard InChI is InChI=1S/C25H30N4O3S2/c1-18-5-8-22(9-6-18)34(31,32)29-12-10-28(11-13-29)16-21-17-33-25(26-21)15-24(30)27-23-14-19(2)4-7-20(23)3/h4-9,14,17H,10-13,15-16H2,1-3H3,(H,27,30). The van der Waals surface area contributed by atoms with Crippen molar-refractivity contribution in [1.29, 1.82) is 0 Å². The molecule has 0 radical (unpaired) electrons. The number of thiazole rings is 1. The number of nitrogens with one attached hydrogen (secondary N) is 1. The monoisotopic (exact) mass is 498 g/mol. The second-order valence-electron chi connectivity index (χ2n) is 8.77. The van der Waals surface area contributed by atoms with Gasteiger partial charge in [-0.3, -0.25) is 9.69 Å². The van der Waals surface area contributed by atoms with Crippen LogP contribution in [0.4, 0.5) is 5.69 Å². The lowest BCUT2D eigenvalue weighted by Crippen LogP contribution is -2.48. The van der Waals surface area contributed by atoms with Gasteiger partial charge in [-0.1, -0.05) is 29.8 Å². The average Bonchev–Trinajstić information content (AvgIpc) is 3.23. The highest BCUT2D eigenvalue weighted by atomic mass is 32.2. The summed E-state index contributed by atoms with van der Waals surface area (Å²) in [5.41, 5.74) is 4.91. The smallest absolute Gasteiger partial charge is 0.243 e. The van der Waals surface area contributed by atoms with E-state index in [1.54, 1.807) is 16.4 Å². The molecule has 1 aliphatic rings. The van der Waals surface area contributed by atoms with Crippen LogP contribution in [-0.2, 0) is 27.8 Å². The lowest BCUT2D eigenvalue weighted by molar-refractivity contribution is -0.115. The first-order chi connectivity index (χ1) is 16.2. The molecule has 2 heterocycles. The molecule has 9 heteroatoms. The molecule has 0 saturated carbocycles. The molecule has 7 nitrogen and oxygen atoms in total. The third kappa shape index (κ3) is 5.90. The number of aromatic nitrogens is 1. The van der Waals surface area contributed by atoms with Crippen LogP contribution in [0.5, 0.6) is 0 Å². The van der Waals surface area contributed by atoms with Crippen LogP contribution in [0.25, 0.3) is 0 Å². The van der Waals surface area contributed by atoms with E-state index in [2.05, 4.69) is 15.2 Å². The number of rotatable bonds is 7. The van der Waals surface area contributed by atoms with E-state index in [0.29, 0.717) is 37.6 Å². The fourth-order valence-electron chi connectivity index (χ4n) is 3.92. The maximum absolute atomic E-state index is 12.9. The summed E-state index contributed by atoms with van der Waals surface area (Å²) in [5.74, 6) is -0.0791. The van der Waals surface area contributed by atoms with Crippen molar-refractivity contribution >= 4 is 33.0 Å². The molecule has 0 aliphatic carbocycles. The van der Waals surface area contributed by atoms with Gasteiger partial charge in [0.25, 0.3) is 0 Å².